The number of hydrogen-bond donors (Lipinski definition) is 3. The number of carbonyl (C=O) groups excluding carboxylic acids is 1. The van der Waals surface area contributed by atoms with Crippen LogP contribution in [0.3, 0.4) is 0 Å². The van der Waals surface area contributed by atoms with Gasteiger partial charge in [0.2, 0.25) is 5.91 Å². The molecule has 0 aliphatic rings. The fourth-order valence-corrected chi connectivity index (χ4v) is 1.25. The van der Waals surface area contributed by atoms with E-state index < -0.39 is 0 Å². The number of carbonyl (C=O) groups is 1. The van der Waals surface area contributed by atoms with Gasteiger partial charge in [0.05, 0.1) is 6.54 Å². The van der Waals surface area contributed by atoms with E-state index in [1.165, 1.54) is 0 Å². The highest BCUT2D eigenvalue weighted by molar-refractivity contribution is 6.29. The molecule has 0 aromatic carbocycles. The fraction of sp³-hybridized carbons (Fsp3) is 0.333. The first kappa shape index (κ1) is 11.6. The molecule has 0 unspecified atom stereocenters. The number of hydrogen-bond acceptors (Lipinski definition) is 4. The van der Waals surface area contributed by atoms with Crippen molar-refractivity contribution in [3.05, 3.63) is 17.3 Å². The first-order valence-electron chi connectivity index (χ1n) is 4.55. The average molecular weight is 229 g/mol. The summed E-state index contributed by atoms with van der Waals surface area (Å²) >= 11 is 5.69. The van der Waals surface area contributed by atoms with E-state index in [0.29, 0.717) is 23.2 Å². The number of nitrogens with one attached hydrogen (secondary N) is 2. The zero-order valence-electron chi connectivity index (χ0n) is 8.38. The van der Waals surface area contributed by atoms with Crippen LogP contribution in [0.1, 0.15) is 6.92 Å². The third kappa shape index (κ3) is 4.03. The van der Waals surface area contributed by atoms with Crippen molar-refractivity contribution in [3.63, 3.8) is 0 Å². The first-order chi connectivity index (χ1) is 7.11. The summed E-state index contributed by atoms with van der Waals surface area (Å²) in [7, 11) is 0. The summed E-state index contributed by atoms with van der Waals surface area (Å²) < 4.78 is 0. The molecule has 1 heterocycles. The van der Waals surface area contributed by atoms with Crippen LogP contribution in [0.4, 0.5) is 11.5 Å². The predicted octanol–water partition coefficient (Wildman–Crippen LogP) is 0.865. The highest BCUT2D eigenvalue weighted by atomic mass is 35.5. The SMILES string of the molecule is CCNC(=O)CNc1cc(N)cc(Cl)n1. The zero-order valence-corrected chi connectivity index (χ0v) is 9.14. The second kappa shape index (κ2) is 5.41. The maximum absolute atomic E-state index is 11.1. The average Bonchev–Trinajstić information content (AvgIpc) is 2.14. The number of nitrogens with two attached hydrogens (primary N) is 1. The van der Waals surface area contributed by atoms with Crippen LogP contribution < -0.4 is 16.4 Å². The number of amides is 1. The molecule has 0 bridgehead atoms. The van der Waals surface area contributed by atoms with Crippen molar-refractivity contribution in [1.82, 2.24) is 10.3 Å². The van der Waals surface area contributed by atoms with E-state index in [2.05, 4.69) is 15.6 Å². The summed E-state index contributed by atoms with van der Waals surface area (Å²) in [6, 6.07) is 3.16. The van der Waals surface area contributed by atoms with Gasteiger partial charge in [-0.15, -0.1) is 0 Å². The molecular formula is C9H13ClN4O. The molecule has 0 atom stereocenters. The monoisotopic (exact) mass is 228 g/mol. The van der Waals surface area contributed by atoms with Crippen LogP contribution in [0.25, 0.3) is 0 Å². The molecule has 0 saturated carbocycles. The fourth-order valence-electron chi connectivity index (χ4n) is 1.04. The largest absolute Gasteiger partial charge is 0.399 e. The molecule has 0 fully saturated rings. The third-order valence-corrected chi connectivity index (χ3v) is 1.81. The summed E-state index contributed by atoms with van der Waals surface area (Å²) in [6.45, 7) is 2.61. The van der Waals surface area contributed by atoms with Crippen molar-refractivity contribution in [3.8, 4) is 0 Å². The van der Waals surface area contributed by atoms with Crippen molar-refractivity contribution in [2.75, 3.05) is 24.1 Å². The van der Waals surface area contributed by atoms with Gasteiger partial charge in [-0.1, -0.05) is 11.6 Å². The van der Waals surface area contributed by atoms with Gasteiger partial charge >= 0.3 is 0 Å². The Morgan fingerprint density at radius 3 is 2.93 bits per heavy atom. The second-order valence-electron chi connectivity index (χ2n) is 2.92. The lowest BCUT2D eigenvalue weighted by Gasteiger charge is -2.06. The quantitative estimate of drug-likeness (QED) is 0.668. The normalized spacial score (nSPS) is 9.73. The molecule has 0 aliphatic heterocycles. The van der Waals surface area contributed by atoms with Crippen LogP contribution in [0.2, 0.25) is 5.15 Å². The molecule has 1 rings (SSSR count). The van der Waals surface area contributed by atoms with Crippen molar-refractivity contribution in [1.29, 1.82) is 0 Å². The molecule has 0 saturated heterocycles. The minimum Gasteiger partial charge on any atom is -0.399 e. The Bertz CT molecular complexity index is 336. The maximum Gasteiger partial charge on any atom is 0.239 e. The van der Waals surface area contributed by atoms with Crippen molar-refractivity contribution < 1.29 is 4.79 Å². The molecule has 1 aromatic heterocycles. The highest BCUT2D eigenvalue weighted by Crippen LogP contribution is 2.15. The highest BCUT2D eigenvalue weighted by Gasteiger charge is 2.01. The number of anilines is 2. The number of rotatable bonds is 4. The topological polar surface area (TPSA) is 80.0 Å². The predicted molar refractivity (Wildman–Crippen MR) is 60.8 cm³/mol. The Kier molecular flexibility index (Phi) is 4.17. The van der Waals surface area contributed by atoms with Crippen LogP contribution in [0.5, 0.6) is 0 Å². The van der Waals surface area contributed by atoms with E-state index in [9.17, 15) is 4.79 Å². The van der Waals surface area contributed by atoms with Gasteiger partial charge in [-0.2, -0.15) is 0 Å². The minimum absolute atomic E-state index is 0.0992. The van der Waals surface area contributed by atoms with Crippen LogP contribution in [-0.2, 0) is 4.79 Å². The van der Waals surface area contributed by atoms with E-state index in [4.69, 9.17) is 17.3 Å². The molecule has 5 nitrogen and oxygen atoms in total. The van der Waals surface area contributed by atoms with Gasteiger partial charge in [-0.3, -0.25) is 4.79 Å². The van der Waals surface area contributed by atoms with Crippen LogP contribution in [0.15, 0.2) is 12.1 Å². The summed E-state index contributed by atoms with van der Waals surface area (Å²) in [4.78, 5) is 15.1. The molecule has 1 aromatic rings. The van der Waals surface area contributed by atoms with Gasteiger partial charge in [-0.05, 0) is 13.0 Å². The second-order valence-corrected chi connectivity index (χ2v) is 3.30. The molecule has 0 aliphatic carbocycles. The molecular weight excluding hydrogens is 216 g/mol. The lowest BCUT2D eigenvalue weighted by Crippen LogP contribution is -2.29. The van der Waals surface area contributed by atoms with E-state index in [1.54, 1.807) is 12.1 Å². The number of likely N-dealkylation sites (N-methyl/N-ethyl adjacent to an activating group) is 1. The molecule has 15 heavy (non-hydrogen) atoms. The Labute approximate surface area is 93.0 Å². The summed E-state index contributed by atoms with van der Waals surface area (Å²) in [5.74, 6) is 0.393. The Hall–Kier alpha value is -1.49. The lowest BCUT2D eigenvalue weighted by atomic mass is 10.4. The van der Waals surface area contributed by atoms with Gasteiger partial charge < -0.3 is 16.4 Å². The molecule has 0 spiro atoms. The molecule has 4 N–H and O–H groups in total. The standard InChI is InChI=1S/C9H13ClN4O/c1-2-12-9(15)5-13-8-4-6(11)3-7(10)14-8/h3-4H,2,5H2,1H3,(H,12,15)(H3,11,13,14). The Balaban J connectivity index is 2.54. The van der Waals surface area contributed by atoms with Gasteiger partial charge in [0.25, 0.3) is 0 Å². The smallest absolute Gasteiger partial charge is 0.239 e. The number of nitrogens with zero attached hydrogens (tertiary/aromatic N) is 1. The summed E-state index contributed by atoms with van der Waals surface area (Å²) in [6.07, 6.45) is 0. The van der Waals surface area contributed by atoms with Gasteiger partial charge in [0.1, 0.15) is 11.0 Å². The molecule has 6 heteroatoms. The van der Waals surface area contributed by atoms with Crippen LogP contribution >= 0.6 is 11.6 Å². The minimum atomic E-state index is -0.0992. The first-order valence-corrected chi connectivity index (χ1v) is 4.93. The number of aromatic nitrogens is 1. The van der Waals surface area contributed by atoms with Gasteiger partial charge in [0.15, 0.2) is 0 Å². The zero-order chi connectivity index (χ0) is 11.3. The van der Waals surface area contributed by atoms with E-state index in [0.717, 1.165) is 0 Å². The maximum atomic E-state index is 11.1. The van der Waals surface area contributed by atoms with Crippen LogP contribution in [-0.4, -0.2) is 24.0 Å². The van der Waals surface area contributed by atoms with Crippen LogP contribution in [0, 0.1) is 0 Å². The molecule has 0 radical (unpaired) electrons. The van der Waals surface area contributed by atoms with E-state index in [1.807, 2.05) is 6.92 Å². The number of nitrogen functional groups attached to an aromatic ring is 1. The van der Waals surface area contributed by atoms with E-state index in [-0.39, 0.29) is 12.5 Å². The Morgan fingerprint density at radius 2 is 2.33 bits per heavy atom. The Morgan fingerprint density at radius 1 is 1.60 bits per heavy atom. The molecule has 82 valence electrons. The van der Waals surface area contributed by atoms with Gasteiger partial charge in [0, 0.05) is 18.3 Å². The van der Waals surface area contributed by atoms with Crippen molar-refractivity contribution in [2.24, 2.45) is 0 Å². The number of halogens is 1. The summed E-state index contributed by atoms with van der Waals surface area (Å²) in [5.41, 5.74) is 6.07. The van der Waals surface area contributed by atoms with Crippen molar-refractivity contribution >= 4 is 29.0 Å². The van der Waals surface area contributed by atoms with Crippen molar-refractivity contribution in [2.45, 2.75) is 6.92 Å². The number of pyridine rings is 1. The summed E-state index contributed by atoms with van der Waals surface area (Å²) in [5, 5.41) is 5.77. The van der Waals surface area contributed by atoms with E-state index >= 15 is 0 Å². The van der Waals surface area contributed by atoms with Gasteiger partial charge in [-0.25, -0.2) is 4.98 Å². The third-order valence-electron chi connectivity index (χ3n) is 1.62. The lowest BCUT2D eigenvalue weighted by molar-refractivity contribution is -0.119. The molecule has 1 amide bonds.